The quantitative estimate of drug-likeness (QED) is 0.412. The predicted octanol–water partition coefficient (Wildman–Crippen LogP) is 4.85. The standard InChI is InChI=1S/C22H23N5O2S/c1-3-5-13-29-18-11-9-15(10-12-18)20(28)23-17-8-6-7-16(14-17)21-26-27-19(4-2)24-25-22(27)30-21/h6-12,14H,3-5,13H2,1-2H3,(H,23,28). The lowest BCUT2D eigenvalue weighted by Crippen LogP contribution is -2.11. The summed E-state index contributed by atoms with van der Waals surface area (Å²) >= 11 is 1.47. The van der Waals surface area contributed by atoms with E-state index in [0.717, 1.165) is 46.4 Å². The van der Waals surface area contributed by atoms with Crippen molar-refractivity contribution in [3.8, 4) is 16.3 Å². The van der Waals surface area contributed by atoms with E-state index in [-0.39, 0.29) is 5.91 Å². The molecule has 0 aliphatic carbocycles. The number of anilines is 1. The molecule has 154 valence electrons. The lowest BCUT2D eigenvalue weighted by atomic mass is 10.1. The zero-order valence-electron chi connectivity index (χ0n) is 17.0. The summed E-state index contributed by atoms with van der Waals surface area (Å²) in [7, 11) is 0. The maximum absolute atomic E-state index is 12.6. The number of aromatic nitrogens is 4. The van der Waals surface area contributed by atoms with E-state index in [4.69, 9.17) is 4.74 Å². The number of amides is 1. The van der Waals surface area contributed by atoms with E-state index in [9.17, 15) is 4.79 Å². The molecule has 0 spiro atoms. The number of hydrogen-bond acceptors (Lipinski definition) is 6. The van der Waals surface area contributed by atoms with E-state index in [0.29, 0.717) is 17.9 Å². The van der Waals surface area contributed by atoms with Crippen molar-refractivity contribution in [1.29, 1.82) is 0 Å². The molecule has 1 amide bonds. The maximum Gasteiger partial charge on any atom is 0.255 e. The molecule has 0 aliphatic heterocycles. The molecule has 0 unspecified atom stereocenters. The zero-order chi connectivity index (χ0) is 20.9. The van der Waals surface area contributed by atoms with Crippen molar-refractivity contribution in [2.45, 2.75) is 33.1 Å². The third kappa shape index (κ3) is 4.33. The number of unbranched alkanes of at least 4 members (excludes halogenated alkanes) is 1. The highest BCUT2D eigenvalue weighted by atomic mass is 32.1. The first-order valence-electron chi connectivity index (χ1n) is 10.0. The number of nitrogens with zero attached hydrogens (tertiary/aromatic N) is 4. The van der Waals surface area contributed by atoms with Gasteiger partial charge in [-0.3, -0.25) is 4.79 Å². The predicted molar refractivity (Wildman–Crippen MR) is 118 cm³/mol. The molecular formula is C22H23N5O2S. The van der Waals surface area contributed by atoms with E-state index in [1.807, 2.05) is 43.3 Å². The van der Waals surface area contributed by atoms with Crippen LogP contribution in [0.1, 0.15) is 42.9 Å². The van der Waals surface area contributed by atoms with Crippen molar-refractivity contribution in [2.75, 3.05) is 11.9 Å². The highest BCUT2D eigenvalue weighted by Crippen LogP contribution is 2.27. The van der Waals surface area contributed by atoms with Crippen LogP contribution in [0.3, 0.4) is 0 Å². The normalized spacial score (nSPS) is 11.0. The van der Waals surface area contributed by atoms with Gasteiger partial charge in [0.05, 0.1) is 6.61 Å². The highest BCUT2D eigenvalue weighted by Gasteiger charge is 2.13. The van der Waals surface area contributed by atoms with Gasteiger partial charge >= 0.3 is 0 Å². The fourth-order valence-electron chi connectivity index (χ4n) is 2.96. The number of carbonyl (C=O) groups is 1. The van der Waals surface area contributed by atoms with Crippen LogP contribution in [0, 0.1) is 0 Å². The number of aryl methyl sites for hydroxylation is 1. The van der Waals surface area contributed by atoms with Crippen LogP contribution >= 0.6 is 11.3 Å². The molecule has 0 saturated heterocycles. The minimum absolute atomic E-state index is 0.168. The van der Waals surface area contributed by atoms with Crippen LogP contribution in [0.25, 0.3) is 15.5 Å². The van der Waals surface area contributed by atoms with Crippen molar-refractivity contribution in [3.05, 3.63) is 59.9 Å². The largest absolute Gasteiger partial charge is 0.494 e. The first-order chi connectivity index (χ1) is 14.7. The lowest BCUT2D eigenvalue weighted by Gasteiger charge is -2.08. The maximum atomic E-state index is 12.6. The molecular weight excluding hydrogens is 398 g/mol. The molecule has 4 aromatic rings. The number of nitrogens with one attached hydrogen (secondary N) is 1. The van der Waals surface area contributed by atoms with Gasteiger partial charge in [-0.25, -0.2) is 0 Å². The molecule has 0 atom stereocenters. The zero-order valence-corrected chi connectivity index (χ0v) is 17.8. The second-order valence-corrected chi connectivity index (χ2v) is 7.79. The SMILES string of the molecule is CCCCOc1ccc(C(=O)Nc2cccc(-c3nn4c(CC)nnc4s3)c2)cc1. The second kappa shape index (κ2) is 9.04. The Morgan fingerprint density at radius 1 is 1.13 bits per heavy atom. The van der Waals surface area contributed by atoms with Crippen molar-refractivity contribution < 1.29 is 9.53 Å². The molecule has 4 rings (SSSR count). The average Bonchev–Trinajstić information content (AvgIpc) is 3.35. The fourth-order valence-corrected chi connectivity index (χ4v) is 3.82. The smallest absolute Gasteiger partial charge is 0.255 e. The van der Waals surface area contributed by atoms with Crippen molar-refractivity contribution in [2.24, 2.45) is 0 Å². The minimum Gasteiger partial charge on any atom is -0.494 e. The van der Waals surface area contributed by atoms with Crippen LogP contribution in [0.4, 0.5) is 5.69 Å². The Balaban J connectivity index is 1.47. The Morgan fingerprint density at radius 3 is 2.73 bits per heavy atom. The van der Waals surface area contributed by atoms with Crippen LogP contribution in [-0.2, 0) is 6.42 Å². The van der Waals surface area contributed by atoms with E-state index in [1.165, 1.54) is 11.3 Å². The van der Waals surface area contributed by atoms with Gasteiger partial charge in [-0.2, -0.15) is 9.61 Å². The molecule has 0 radical (unpaired) electrons. The van der Waals surface area contributed by atoms with E-state index >= 15 is 0 Å². The Labute approximate surface area is 178 Å². The summed E-state index contributed by atoms with van der Waals surface area (Å²) in [5, 5.41) is 16.7. The molecule has 2 aromatic heterocycles. The van der Waals surface area contributed by atoms with E-state index in [2.05, 4.69) is 27.5 Å². The number of carbonyl (C=O) groups excluding carboxylic acids is 1. The van der Waals surface area contributed by atoms with Crippen molar-refractivity contribution in [3.63, 3.8) is 0 Å². The molecule has 0 saturated carbocycles. The van der Waals surface area contributed by atoms with Crippen LogP contribution in [0.2, 0.25) is 0 Å². The van der Waals surface area contributed by atoms with E-state index in [1.54, 1.807) is 16.6 Å². The van der Waals surface area contributed by atoms with Crippen LogP contribution in [0.5, 0.6) is 5.75 Å². The molecule has 2 heterocycles. The van der Waals surface area contributed by atoms with Gasteiger partial charge in [0.2, 0.25) is 4.96 Å². The van der Waals surface area contributed by atoms with Gasteiger partial charge in [-0.1, -0.05) is 43.7 Å². The van der Waals surface area contributed by atoms with Crippen LogP contribution in [0.15, 0.2) is 48.5 Å². The topological polar surface area (TPSA) is 81.4 Å². The Bertz CT molecular complexity index is 1150. The number of rotatable bonds is 8. The first kappa shape index (κ1) is 20.0. The van der Waals surface area contributed by atoms with Gasteiger partial charge in [0, 0.05) is 23.2 Å². The number of hydrogen-bond donors (Lipinski definition) is 1. The molecule has 7 nitrogen and oxygen atoms in total. The summed E-state index contributed by atoms with van der Waals surface area (Å²) in [6, 6.07) is 14.8. The summed E-state index contributed by atoms with van der Waals surface area (Å²) in [6.07, 6.45) is 2.87. The Kier molecular flexibility index (Phi) is 6.04. The first-order valence-corrected chi connectivity index (χ1v) is 10.9. The monoisotopic (exact) mass is 421 g/mol. The minimum atomic E-state index is -0.168. The van der Waals surface area contributed by atoms with Gasteiger partial charge in [-0.15, -0.1) is 10.2 Å². The third-order valence-corrected chi connectivity index (χ3v) is 5.57. The summed E-state index contributed by atoms with van der Waals surface area (Å²) in [5.74, 6) is 1.44. The summed E-state index contributed by atoms with van der Waals surface area (Å²) < 4.78 is 7.42. The number of benzene rings is 2. The third-order valence-electron chi connectivity index (χ3n) is 4.62. The Morgan fingerprint density at radius 2 is 1.97 bits per heavy atom. The van der Waals surface area contributed by atoms with Gasteiger partial charge in [-0.05, 0) is 42.8 Å². The molecule has 0 aliphatic rings. The van der Waals surface area contributed by atoms with Gasteiger partial charge in [0.15, 0.2) is 5.82 Å². The van der Waals surface area contributed by atoms with Crippen LogP contribution < -0.4 is 10.1 Å². The van der Waals surface area contributed by atoms with Crippen molar-refractivity contribution in [1.82, 2.24) is 19.8 Å². The number of ether oxygens (including phenoxy) is 1. The Hall–Kier alpha value is -3.26. The van der Waals surface area contributed by atoms with E-state index < -0.39 is 0 Å². The van der Waals surface area contributed by atoms with Gasteiger partial charge in [0.25, 0.3) is 5.91 Å². The molecule has 0 bridgehead atoms. The van der Waals surface area contributed by atoms with Crippen LogP contribution in [-0.4, -0.2) is 32.3 Å². The van der Waals surface area contributed by atoms with Crippen molar-refractivity contribution >= 4 is 27.9 Å². The summed E-state index contributed by atoms with van der Waals surface area (Å²) in [5.41, 5.74) is 2.21. The lowest BCUT2D eigenvalue weighted by molar-refractivity contribution is 0.102. The number of fused-ring (bicyclic) bond motifs is 1. The molecule has 8 heteroatoms. The molecule has 2 aromatic carbocycles. The molecule has 30 heavy (non-hydrogen) atoms. The van der Waals surface area contributed by atoms with Gasteiger partial charge in [0.1, 0.15) is 10.8 Å². The summed E-state index contributed by atoms with van der Waals surface area (Å²) in [4.78, 5) is 13.4. The highest BCUT2D eigenvalue weighted by molar-refractivity contribution is 7.19. The van der Waals surface area contributed by atoms with Gasteiger partial charge < -0.3 is 10.1 Å². The molecule has 0 fully saturated rings. The average molecular weight is 422 g/mol. The fraction of sp³-hybridized carbons (Fsp3) is 0.273. The molecule has 1 N–H and O–H groups in total. The summed E-state index contributed by atoms with van der Waals surface area (Å²) in [6.45, 7) is 4.83. The second-order valence-electron chi connectivity index (χ2n) is 6.83.